The van der Waals surface area contributed by atoms with Crippen molar-refractivity contribution in [2.24, 2.45) is 0 Å². The van der Waals surface area contributed by atoms with Crippen molar-refractivity contribution in [2.75, 3.05) is 0 Å². The van der Waals surface area contributed by atoms with E-state index in [1.165, 1.54) is 150 Å². The zero-order valence-corrected chi connectivity index (χ0v) is 41.6. The molecule has 0 N–H and O–H groups in total. The Kier molecular flexibility index (Phi) is 9.18. The Balaban J connectivity index is 0.845. The van der Waals surface area contributed by atoms with Crippen LogP contribution < -0.4 is 0 Å². The van der Waals surface area contributed by atoms with Gasteiger partial charge in [0.1, 0.15) is 0 Å². The highest BCUT2D eigenvalue weighted by Crippen LogP contribution is 2.55. The molecule has 0 radical (unpaired) electrons. The lowest BCUT2D eigenvalue weighted by atomic mass is 9.79. The van der Waals surface area contributed by atoms with Gasteiger partial charge < -0.3 is 0 Å². The Hall–Kier alpha value is -7.02. The van der Waals surface area contributed by atoms with Gasteiger partial charge in [0.05, 0.1) is 0 Å². The molecule has 0 aliphatic heterocycles. The lowest BCUT2D eigenvalue weighted by Crippen LogP contribution is -2.16. The molecule has 0 spiro atoms. The highest BCUT2D eigenvalue weighted by molar-refractivity contribution is 5.92. The topological polar surface area (TPSA) is 0 Å². The molecule has 0 nitrogen and oxygen atoms in total. The molecule has 9 aromatic carbocycles. The number of hydrogen-bond donors (Lipinski definition) is 0. The quantitative estimate of drug-likeness (QED) is 0.162. The fourth-order valence-corrected chi connectivity index (χ4v) is 13.0. The van der Waals surface area contributed by atoms with Crippen molar-refractivity contribution >= 4 is 0 Å². The molecule has 0 heteroatoms. The summed E-state index contributed by atoms with van der Waals surface area (Å²) in [6.07, 6.45) is 0. The minimum atomic E-state index is -0.151. The lowest BCUT2D eigenvalue weighted by Gasteiger charge is -2.24. The van der Waals surface area contributed by atoms with Crippen molar-refractivity contribution in [3.05, 3.63) is 225 Å². The van der Waals surface area contributed by atoms with E-state index in [4.69, 9.17) is 0 Å². The highest BCUT2D eigenvalue weighted by atomic mass is 14.4. The molecule has 3 aliphatic carbocycles. The van der Waals surface area contributed by atoms with Crippen molar-refractivity contribution in [3.8, 4) is 89.0 Å². The largest absolute Gasteiger partial charge is 0.0616 e. The van der Waals surface area contributed by atoms with Gasteiger partial charge in [0.2, 0.25) is 0 Å². The molecular weight excluding hydrogens is 817 g/mol. The molecule has 0 unspecified atom stereocenters. The van der Waals surface area contributed by atoms with E-state index in [9.17, 15) is 0 Å². The maximum Gasteiger partial charge on any atom is 0.0159 e. The number of fused-ring (bicyclic) bond motifs is 9. The van der Waals surface area contributed by atoms with Gasteiger partial charge in [-0.1, -0.05) is 186 Å². The first-order valence-corrected chi connectivity index (χ1v) is 24.6. The maximum atomic E-state index is 2.48. The van der Waals surface area contributed by atoms with E-state index < -0.39 is 0 Å². The molecule has 0 atom stereocenters. The number of benzene rings is 9. The van der Waals surface area contributed by atoms with Gasteiger partial charge in [-0.2, -0.15) is 0 Å². The molecule has 0 aromatic heterocycles. The minimum Gasteiger partial charge on any atom is -0.0616 e. The van der Waals surface area contributed by atoms with Gasteiger partial charge in [0, 0.05) is 16.2 Å². The SMILES string of the molecule is Cc1cc(C)cc(-c2ccccc2-c2ccc3c(c2)C(C)(C)c2cc(-c4ccc5c(c4)C(C)(C)c4cc(-c6ccc7c(c6)C(C)(C)c6cc(-c8c(C)cc(C)cc8C)ccc6-7)ccc4-5)ccc2-3)c1. The standard InChI is InChI=1S/C68H60/c1-39-28-40(2)32-50(31-39)52-15-13-12-14-51(52)48-20-26-57-55-24-18-46(35-61(55)67(8,9)63(57)37-48)44-16-22-53-54-23-17-45(34-60(54)66(6,7)59(53)33-44)47-19-25-56-58-27-21-49(38-64(58)68(10,11)62(56)36-47)65-42(4)29-41(3)30-43(65)5/h12-38H,1-11H3. The molecule has 12 rings (SSSR count). The van der Waals surface area contributed by atoms with Crippen LogP contribution in [0.1, 0.15) is 103 Å². The average Bonchev–Trinajstić information content (AvgIpc) is 3.79. The van der Waals surface area contributed by atoms with E-state index in [0.29, 0.717) is 0 Å². The van der Waals surface area contributed by atoms with Crippen molar-refractivity contribution in [1.82, 2.24) is 0 Å². The molecule has 0 saturated heterocycles. The number of aryl methyl sites for hydroxylation is 5. The van der Waals surface area contributed by atoms with Crippen molar-refractivity contribution in [2.45, 2.75) is 92.4 Å². The van der Waals surface area contributed by atoms with Crippen molar-refractivity contribution in [3.63, 3.8) is 0 Å². The van der Waals surface area contributed by atoms with E-state index in [-0.39, 0.29) is 16.2 Å². The molecule has 0 fully saturated rings. The summed E-state index contributed by atoms with van der Waals surface area (Å²) >= 11 is 0. The normalized spacial score (nSPS) is 15.0. The van der Waals surface area contributed by atoms with Gasteiger partial charge >= 0.3 is 0 Å². The summed E-state index contributed by atoms with van der Waals surface area (Å²) in [7, 11) is 0. The summed E-state index contributed by atoms with van der Waals surface area (Å²) in [5.41, 5.74) is 35.6. The average molecular weight is 877 g/mol. The van der Waals surface area contributed by atoms with Gasteiger partial charge in [-0.25, -0.2) is 0 Å². The molecule has 3 aliphatic rings. The van der Waals surface area contributed by atoms with Crippen LogP contribution in [0.25, 0.3) is 89.0 Å². The molecule has 0 heterocycles. The first kappa shape index (κ1) is 42.3. The summed E-state index contributed by atoms with van der Waals surface area (Å²) in [5.74, 6) is 0. The van der Waals surface area contributed by atoms with Gasteiger partial charge in [0.25, 0.3) is 0 Å². The van der Waals surface area contributed by atoms with E-state index in [1.54, 1.807) is 0 Å². The monoisotopic (exact) mass is 876 g/mol. The zero-order valence-electron chi connectivity index (χ0n) is 41.6. The van der Waals surface area contributed by atoms with Crippen molar-refractivity contribution in [1.29, 1.82) is 0 Å². The third-order valence-electron chi connectivity index (χ3n) is 16.4. The summed E-state index contributed by atoms with van der Waals surface area (Å²) < 4.78 is 0. The third-order valence-corrected chi connectivity index (χ3v) is 16.4. The van der Waals surface area contributed by atoms with Crippen LogP contribution in [0.4, 0.5) is 0 Å². The third kappa shape index (κ3) is 6.26. The smallest absolute Gasteiger partial charge is 0.0159 e. The van der Waals surface area contributed by atoms with E-state index in [2.05, 4.69) is 240 Å². The van der Waals surface area contributed by atoms with E-state index in [0.717, 1.165) is 0 Å². The summed E-state index contributed by atoms with van der Waals surface area (Å²) in [6.45, 7) is 25.5. The second kappa shape index (κ2) is 14.7. The van der Waals surface area contributed by atoms with Crippen LogP contribution in [0.5, 0.6) is 0 Å². The summed E-state index contributed by atoms with van der Waals surface area (Å²) in [4.78, 5) is 0. The summed E-state index contributed by atoms with van der Waals surface area (Å²) in [5, 5.41) is 0. The van der Waals surface area contributed by atoms with Crippen LogP contribution >= 0.6 is 0 Å². The van der Waals surface area contributed by atoms with Crippen LogP contribution in [0, 0.1) is 34.6 Å². The van der Waals surface area contributed by atoms with Crippen LogP contribution in [-0.4, -0.2) is 0 Å². The Labute approximate surface area is 404 Å². The van der Waals surface area contributed by atoms with E-state index in [1.807, 2.05) is 0 Å². The Bertz CT molecular complexity index is 3590. The minimum absolute atomic E-state index is 0.113. The van der Waals surface area contributed by atoms with Gasteiger partial charge in [-0.3, -0.25) is 0 Å². The fraction of sp³-hybridized carbons (Fsp3) is 0.206. The number of hydrogen-bond acceptors (Lipinski definition) is 0. The molecular formula is C68H60. The summed E-state index contributed by atoms with van der Waals surface area (Å²) in [6, 6.07) is 63.6. The maximum absolute atomic E-state index is 2.48. The predicted molar refractivity (Wildman–Crippen MR) is 290 cm³/mol. The lowest BCUT2D eigenvalue weighted by molar-refractivity contribution is 0.659. The van der Waals surface area contributed by atoms with E-state index >= 15 is 0 Å². The first-order valence-electron chi connectivity index (χ1n) is 24.6. The van der Waals surface area contributed by atoms with Crippen LogP contribution in [-0.2, 0) is 16.2 Å². The number of rotatable bonds is 5. The first-order chi connectivity index (χ1) is 32.5. The molecule has 0 bridgehead atoms. The van der Waals surface area contributed by atoms with Gasteiger partial charge in [-0.05, 0) is 205 Å². The fourth-order valence-electron chi connectivity index (χ4n) is 13.0. The second-order valence-electron chi connectivity index (χ2n) is 22.1. The van der Waals surface area contributed by atoms with Crippen molar-refractivity contribution < 1.29 is 0 Å². The highest BCUT2D eigenvalue weighted by Gasteiger charge is 2.39. The Morgan fingerprint density at radius 1 is 0.235 bits per heavy atom. The second-order valence-corrected chi connectivity index (χ2v) is 22.1. The predicted octanol–water partition coefficient (Wildman–Crippen LogP) is 18.5. The Morgan fingerprint density at radius 3 is 0.882 bits per heavy atom. The zero-order chi connectivity index (χ0) is 47.2. The van der Waals surface area contributed by atoms with Gasteiger partial charge in [0.15, 0.2) is 0 Å². The van der Waals surface area contributed by atoms with Gasteiger partial charge in [-0.15, -0.1) is 0 Å². The van der Waals surface area contributed by atoms with Crippen LogP contribution in [0.2, 0.25) is 0 Å². The van der Waals surface area contributed by atoms with Crippen LogP contribution in [0.3, 0.4) is 0 Å². The molecule has 9 aromatic rings. The molecule has 332 valence electrons. The molecule has 0 saturated carbocycles. The molecule has 0 amide bonds. The Morgan fingerprint density at radius 2 is 0.515 bits per heavy atom. The van der Waals surface area contributed by atoms with Crippen LogP contribution in [0.15, 0.2) is 164 Å². The molecule has 68 heavy (non-hydrogen) atoms.